The molecule has 0 saturated carbocycles. The Hall–Kier alpha value is -6.28. The average molecular weight is 1110 g/mol. The van der Waals surface area contributed by atoms with Crippen LogP contribution >= 0.6 is 0 Å². The van der Waals surface area contributed by atoms with Gasteiger partial charge in [0.05, 0.1) is 11.4 Å². The minimum atomic E-state index is -0.972. The molecule has 2 atom stereocenters. The van der Waals surface area contributed by atoms with Crippen molar-refractivity contribution >= 4 is 52.8 Å². The minimum Gasteiger partial charge on any atom is -0.335 e. The summed E-state index contributed by atoms with van der Waals surface area (Å²) in [6, 6.07) is 34.7. The number of nitrogens with one attached hydrogen (secondary N) is 4. The van der Waals surface area contributed by atoms with Gasteiger partial charge in [-0.15, -0.1) is 46.6 Å². The molecule has 10 rings (SSSR count). The van der Waals surface area contributed by atoms with Crippen molar-refractivity contribution in [2.75, 3.05) is 0 Å². The Labute approximate surface area is 427 Å². The predicted octanol–water partition coefficient (Wildman–Crippen LogP) is 9.29. The van der Waals surface area contributed by atoms with Crippen molar-refractivity contribution in [2.45, 2.75) is 65.7 Å². The Morgan fingerprint density at radius 1 is 0.449 bits per heavy atom. The molecule has 0 aliphatic heterocycles. The van der Waals surface area contributed by atoms with Gasteiger partial charge in [0, 0.05) is 54.1 Å². The number of carbonyl (C=O) groups excluding carboxylic acids is 4. The van der Waals surface area contributed by atoms with Gasteiger partial charge in [-0.05, 0) is 78.5 Å². The van der Waals surface area contributed by atoms with E-state index in [0.717, 1.165) is 22.3 Å². The summed E-state index contributed by atoms with van der Waals surface area (Å²) >= 11 is 0. The summed E-state index contributed by atoms with van der Waals surface area (Å²) in [4.78, 5) is 46.0. The Balaban J connectivity index is 0.000000183. The van der Waals surface area contributed by atoms with Gasteiger partial charge in [0.25, 0.3) is 0 Å². The largest absolute Gasteiger partial charge is 0.335 e. The van der Waals surface area contributed by atoms with Crippen LogP contribution in [0.2, 0.25) is 26.2 Å². The number of fused-ring (bicyclic) bond motifs is 8. The molecule has 4 N–H and O–H groups in total. The zero-order valence-corrected chi connectivity index (χ0v) is 45.7. The molecular weight excluding hydrogens is 1050 g/mol. The van der Waals surface area contributed by atoms with Crippen molar-refractivity contribution < 1.29 is 45.0 Å². The monoisotopic (exact) mass is 1110 g/mol. The maximum Gasteiger partial charge on any atom is 0.211 e. The molecule has 4 aromatic carbocycles. The molecule has 0 saturated heterocycles. The smallest absolute Gasteiger partial charge is 0.211 e. The van der Waals surface area contributed by atoms with Crippen LogP contribution in [0.25, 0.3) is 22.3 Å². The number of hydrogen-bond acceptors (Lipinski definition) is 4. The van der Waals surface area contributed by atoms with Crippen LogP contribution in [-0.2, 0) is 45.0 Å². The van der Waals surface area contributed by atoms with Crippen molar-refractivity contribution in [3.63, 3.8) is 0 Å². The third-order valence-electron chi connectivity index (χ3n) is 14.2. The standard InChI is InChI=1S/2C29H27N2O2Si.Hf/c2*1-17-13-19-14-24(30-15-32)28(31-16-33)29(34(3)4)18(2)26(19)25(17)27-22-11-7-5-9-20(22)21-10-6-8-12-23(21)27;/h2*5-12,14-16,18,27H,1-4H3,(H,30,32)(H,31,33);/q2*-1;. The summed E-state index contributed by atoms with van der Waals surface area (Å²) in [6.45, 7) is 17.6. The molecule has 8 nitrogen and oxygen atoms in total. The molecule has 344 valence electrons. The van der Waals surface area contributed by atoms with Gasteiger partial charge >= 0.3 is 0 Å². The summed E-state index contributed by atoms with van der Waals surface area (Å²) in [5.41, 5.74) is 22.3. The molecule has 4 amide bonds. The van der Waals surface area contributed by atoms with Gasteiger partial charge in [-0.1, -0.05) is 151 Å². The van der Waals surface area contributed by atoms with E-state index in [2.05, 4.69) is 184 Å². The maximum atomic E-state index is 11.5. The first kappa shape index (κ1) is 49.2. The maximum absolute atomic E-state index is 11.5. The van der Waals surface area contributed by atoms with Crippen molar-refractivity contribution in [1.29, 1.82) is 0 Å². The van der Waals surface area contributed by atoms with Crippen LogP contribution in [0.1, 0.15) is 61.8 Å². The molecule has 0 aromatic heterocycles. The van der Waals surface area contributed by atoms with E-state index >= 15 is 0 Å². The first-order chi connectivity index (χ1) is 32.9. The topological polar surface area (TPSA) is 116 Å². The molecule has 0 heterocycles. The number of amides is 4. The van der Waals surface area contributed by atoms with Gasteiger partial charge in [0.2, 0.25) is 25.6 Å². The van der Waals surface area contributed by atoms with Crippen LogP contribution in [-0.4, -0.2) is 52.8 Å². The van der Waals surface area contributed by atoms with E-state index in [1.165, 1.54) is 77.1 Å². The molecule has 11 heteroatoms. The normalized spacial score (nSPS) is 18.8. The molecule has 0 bridgehead atoms. The summed E-state index contributed by atoms with van der Waals surface area (Å²) in [6.07, 6.45) is 13.9. The zero-order chi connectivity index (χ0) is 48.0. The van der Waals surface area contributed by atoms with Crippen molar-refractivity contribution in [1.82, 2.24) is 21.3 Å². The third kappa shape index (κ3) is 8.42. The summed E-state index contributed by atoms with van der Waals surface area (Å²) in [7, 11) is -1.94. The van der Waals surface area contributed by atoms with E-state index in [-0.39, 0.29) is 49.5 Å². The third-order valence-corrected chi connectivity index (χ3v) is 17.7. The fourth-order valence-electron chi connectivity index (χ4n) is 11.8. The van der Waals surface area contributed by atoms with Crippen LogP contribution in [0.4, 0.5) is 0 Å². The molecule has 6 aliphatic carbocycles. The van der Waals surface area contributed by atoms with Gasteiger partial charge in [0.1, 0.15) is 0 Å². The second kappa shape index (κ2) is 20.4. The van der Waals surface area contributed by atoms with Gasteiger partial charge < -0.3 is 21.3 Å². The fraction of sp³-hybridized carbons (Fsp3) is 0.207. The number of rotatable bonds is 10. The van der Waals surface area contributed by atoms with Gasteiger partial charge in [-0.2, -0.15) is 22.3 Å². The van der Waals surface area contributed by atoms with E-state index in [9.17, 15) is 19.2 Å². The molecule has 4 aromatic rings. The fourth-order valence-corrected chi connectivity index (χ4v) is 15.2. The van der Waals surface area contributed by atoms with Crippen LogP contribution in [0.15, 0.2) is 177 Å². The molecular formula is C58H54HfN4O4Si2-2. The van der Waals surface area contributed by atoms with E-state index in [4.69, 9.17) is 0 Å². The van der Waals surface area contributed by atoms with Crippen molar-refractivity contribution in [2.24, 2.45) is 11.8 Å². The molecule has 0 spiro atoms. The second-order valence-electron chi connectivity index (χ2n) is 18.4. The molecule has 0 fully saturated rings. The summed E-state index contributed by atoms with van der Waals surface area (Å²) in [5, 5.41) is 13.9. The van der Waals surface area contributed by atoms with E-state index in [0.29, 0.717) is 48.4 Å². The van der Waals surface area contributed by atoms with Crippen LogP contribution in [0.3, 0.4) is 0 Å². The molecule has 0 radical (unpaired) electrons. The Morgan fingerprint density at radius 2 is 0.739 bits per heavy atom. The SMILES string of the molecule is CC1=[C-]C2=CC(NC=O)=C(NC=O)C(=[Si](C)C)C(C)C2=C1C1c2ccccc2-c2ccccc21.CC1=[C-]C2=CC(NC=O)=C(NC=O)C(=[Si](C)C)C(C)C2=C1C1c2ccccc2-c2ccccc21.[Hf]. The van der Waals surface area contributed by atoms with E-state index in [1.807, 2.05) is 12.2 Å². The Bertz CT molecular complexity index is 2900. The van der Waals surface area contributed by atoms with E-state index in [1.54, 1.807) is 0 Å². The van der Waals surface area contributed by atoms with Crippen molar-refractivity contribution in [3.05, 3.63) is 211 Å². The Morgan fingerprint density at radius 3 is 1.01 bits per heavy atom. The van der Waals surface area contributed by atoms with Crippen LogP contribution in [0.5, 0.6) is 0 Å². The molecule has 6 aliphatic rings. The van der Waals surface area contributed by atoms with Gasteiger partial charge in [-0.3, -0.25) is 19.2 Å². The van der Waals surface area contributed by atoms with Crippen LogP contribution in [0, 0.1) is 24.0 Å². The Kier molecular flexibility index (Phi) is 14.5. The van der Waals surface area contributed by atoms with Crippen molar-refractivity contribution in [3.8, 4) is 22.3 Å². The minimum absolute atomic E-state index is 0. The number of hydrogen-bond donors (Lipinski definition) is 4. The number of benzene rings is 4. The summed E-state index contributed by atoms with van der Waals surface area (Å²) < 4.78 is 0. The van der Waals surface area contributed by atoms with Gasteiger partial charge in [-0.25, -0.2) is 0 Å². The molecule has 2 unspecified atom stereocenters. The predicted molar refractivity (Wildman–Crippen MR) is 277 cm³/mol. The first-order valence-corrected chi connectivity index (χ1v) is 28.1. The molecule has 69 heavy (non-hydrogen) atoms. The first-order valence-electron chi connectivity index (χ1n) is 23.1. The number of carbonyl (C=O) groups is 4. The number of allylic oxidation sites excluding steroid dienone is 14. The quantitative estimate of drug-likeness (QED) is 0.0721. The zero-order valence-electron chi connectivity index (χ0n) is 40.1. The van der Waals surface area contributed by atoms with E-state index < -0.39 is 16.8 Å². The van der Waals surface area contributed by atoms with Crippen LogP contribution < -0.4 is 21.3 Å². The summed E-state index contributed by atoms with van der Waals surface area (Å²) in [5.74, 6) is 0.390. The second-order valence-corrected chi connectivity index (χ2v) is 23.5. The van der Waals surface area contributed by atoms with Gasteiger partial charge in [0.15, 0.2) is 0 Å². The average Bonchev–Trinajstić information content (AvgIpc) is 4.00.